The molecule has 0 radical (unpaired) electrons. The van der Waals surface area contributed by atoms with Crippen LogP contribution in [0.1, 0.15) is 51.2 Å². The number of rotatable bonds is 7. The minimum atomic E-state index is 0.648. The Hall–Kier alpha value is -0.830. The van der Waals surface area contributed by atoms with Gasteiger partial charge in [-0.15, -0.1) is 0 Å². The Kier molecular flexibility index (Phi) is 4.21. The maximum atomic E-state index is 5.77. The zero-order chi connectivity index (χ0) is 12.3. The lowest BCUT2D eigenvalue weighted by Gasteiger charge is -2.05. The van der Waals surface area contributed by atoms with Crippen LogP contribution in [-0.2, 0) is 6.42 Å². The van der Waals surface area contributed by atoms with Crippen LogP contribution in [0.25, 0.3) is 0 Å². The van der Waals surface area contributed by atoms with Gasteiger partial charge in [-0.25, -0.2) is 4.98 Å². The van der Waals surface area contributed by atoms with Crippen molar-refractivity contribution in [1.29, 1.82) is 0 Å². The molecule has 0 aliphatic heterocycles. The lowest BCUT2D eigenvalue weighted by Crippen LogP contribution is -2.21. The number of aryl methyl sites for hydroxylation is 1. The molecule has 1 aromatic rings. The van der Waals surface area contributed by atoms with Gasteiger partial charge in [0.1, 0.15) is 5.76 Å². The van der Waals surface area contributed by atoms with E-state index in [-0.39, 0.29) is 0 Å². The fraction of sp³-hybridized carbons (Fsp3) is 0.786. The second kappa shape index (κ2) is 5.67. The van der Waals surface area contributed by atoms with Gasteiger partial charge in [0.15, 0.2) is 5.89 Å². The van der Waals surface area contributed by atoms with Gasteiger partial charge in [0.25, 0.3) is 0 Å². The Bertz CT molecular complexity index is 346. The first-order chi connectivity index (χ1) is 8.16. The average Bonchev–Trinajstić information content (AvgIpc) is 2.83. The van der Waals surface area contributed by atoms with E-state index >= 15 is 0 Å². The SMILES string of the molecule is CC(C)CNCCCc1ncc(C2CC2C)o1. The highest BCUT2D eigenvalue weighted by Gasteiger charge is 2.36. The topological polar surface area (TPSA) is 38.1 Å². The van der Waals surface area contributed by atoms with E-state index in [1.165, 1.54) is 6.42 Å². The Morgan fingerprint density at radius 3 is 2.94 bits per heavy atom. The Morgan fingerprint density at radius 2 is 2.29 bits per heavy atom. The van der Waals surface area contributed by atoms with Crippen molar-refractivity contribution in [3.8, 4) is 0 Å². The number of oxazole rings is 1. The van der Waals surface area contributed by atoms with Gasteiger partial charge in [-0.1, -0.05) is 20.8 Å². The van der Waals surface area contributed by atoms with Crippen molar-refractivity contribution in [2.24, 2.45) is 11.8 Å². The first kappa shape index (κ1) is 12.6. The molecule has 17 heavy (non-hydrogen) atoms. The van der Waals surface area contributed by atoms with E-state index in [4.69, 9.17) is 4.42 Å². The molecule has 1 N–H and O–H groups in total. The highest BCUT2D eigenvalue weighted by molar-refractivity contribution is 5.11. The van der Waals surface area contributed by atoms with Crippen LogP contribution in [0.15, 0.2) is 10.6 Å². The molecular weight excluding hydrogens is 212 g/mol. The van der Waals surface area contributed by atoms with Crippen molar-refractivity contribution in [1.82, 2.24) is 10.3 Å². The van der Waals surface area contributed by atoms with E-state index in [0.29, 0.717) is 5.92 Å². The fourth-order valence-electron chi connectivity index (χ4n) is 2.09. The van der Waals surface area contributed by atoms with Crippen molar-refractivity contribution >= 4 is 0 Å². The van der Waals surface area contributed by atoms with Gasteiger partial charge in [0.05, 0.1) is 6.20 Å². The monoisotopic (exact) mass is 236 g/mol. The van der Waals surface area contributed by atoms with Crippen molar-refractivity contribution in [3.63, 3.8) is 0 Å². The van der Waals surface area contributed by atoms with Crippen molar-refractivity contribution < 1.29 is 4.42 Å². The van der Waals surface area contributed by atoms with E-state index in [0.717, 1.165) is 49.4 Å². The molecule has 1 aromatic heterocycles. The molecule has 1 fully saturated rings. The van der Waals surface area contributed by atoms with Crippen LogP contribution in [-0.4, -0.2) is 18.1 Å². The molecule has 96 valence electrons. The van der Waals surface area contributed by atoms with Gasteiger partial charge in [-0.05, 0) is 37.8 Å². The summed E-state index contributed by atoms with van der Waals surface area (Å²) in [4.78, 5) is 4.35. The summed E-state index contributed by atoms with van der Waals surface area (Å²) in [5.74, 6) is 4.17. The molecule has 1 heterocycles. The van der Waals surface area contributed by atoms with E-state index in [2.05, 4.69) is 31.1 Å². The van der Waals surface area contributed by atoms with Gasteiger partial charge < -0.3 is 9.73 Å². The van der Waals surface area contributed by atoms with Crippen LogP contribution < -0.4 is 5.32 Å². The van der Waals surface area contributed by atoms with E-state index in [1.54, 1.807) is 0 Å². The molecule has 1 aliphatic carbocycles. The summed E-state index contributed by atoms with van der Waals surface area (Å²) in [5, 5.41) is 3.43. The van der Waals surface area contributed by atoms with Gasteiger partial charge in [-0.3, -0.25) is 0 Å². The molecule has 0 spiro atoms. The number of nitrogens with zero attached hydrogens (tertiary/aromatic N) is 1. The molecule has 0 amide bonds. The third kappa shape index (κ3) is 3.84. The van der Waals surface area contributed by atoms with Crippen LogP contribution in [0.2, 0.25) is 0 Å². The molecule has 3 heteroatoms. The van der Waals surface area contributed by atoms with Crippen LogP contribution in [0.4, 0.5) is 0 Å². The van der Waals surface area contributed by atoms with Crippen molar-refractivity contribution in [2.75, 3.05) is 13.1 Å². The summed E-state index contributed by atoms with van der Waals surface area (Å²) in [6, 6.07) is 0. The first-order valence-electron chi connectivity index (χ1n) is 6.82. The lowest BCUT2D eigenvalue weighted by atomic mass is 10.2. The molecule has 3 nitrogen and oxygen atoms in total. The molecule has 0 aromatic carbocycles. The molecule has 2 unspecified atom stereocenters. The summed E-state index contributed by atoms with van der Waals surface area (Å²) >= 11 is 0. The fourth-order valence-corrected chi connectivity index (χ4v) is 2.09. The van der Waals surface area contributed by atoms with E-state index in [1.807, 2.05) is 6.20 Å². The second-order valence-electron chi connectivity index (χ2n) is 5.68. The molecular formula is C14H24N2O. The van der Waals surface area contributed by atoms with E-state index < -0.39 is 0 Å². The molecule has 2 rings (SSSR count). The summed E-state index contributed by atoms with van der Waals surface area (Å²) in [7, 11) is 0. The van der Waals surface area contributed by atoms with Crippen molar-refractivity contribution in [2.45, 2.75) is 46.0 Å². The van der Waals surface area contributed by atoms with Gasteiger partial charge in [0, 0.05) is 12.3 Å². The van der Waals surface area contributed by atoms with Crippen molar-refractivity contribution in [3.05, 3.63) is 17.8 Å². The van der Waals surface area contributed by atoms with Gasteiger partial charge in [0.2, 0.25) is 0 Å². The first-order valence-corrected chi connectivity index (χ1v) is 6.82. The number of hydrogen-bond donors (Lipinski definition) is 1. The quantitative estimate of drug-likeness (QED) is 0.740. The maximum absolute atomic E-state index is 5.77. The molecule has 2 atom stereocenters. The Labute approximate surface area is 104 Å². The number of hydrogen-bond acceptors (Lipinski definition) is 3. The van der Waals surface area contributed by atoms with E-state index in [9.17, 15) is 0 Å². The minimum Gasteiger partial charge on any atom is -0.445 e. The number of nitrogens with one attached hydrogen (secondary N) is 1. The summed E-state index contributed by atoms with van der Waals surface area (Å²) in [5.41, 5.74) is 0. The molecule has 0 bridgehead atoms. The predicted molar refractivity (Wildman–Crippen MR) is 69.1 cm³/mol. The molecule has 1 saturated carbocycles. The summed E-state index contributed by atoms with van der Waals surface area (Å²) in [6.07, 6.45) is 5.24. The Balaban J connectivity index is 1.64. The Morgan fingerprint density at radius 1 is 1.53 bits per heavy atom. The van der Waals surface area contributed by atoms with Gasteiger partial charge in [-0.2, -0.15) is 0 Å². The van der Waals surface area contributed by atoms with Crippen LogP contribution in [0.5, 0.6) is 0 Å². The summed E-state index contributed by atoms with van der Waals surface area (Å²) in [6.45, 7) is 8.86. The number of aromatic nitrogens is 1. The molecule has 0 saturated heterocycles. The third-order valence-electron chi connectivity index (χ3n) is 3.34. The third-order valence-corrected chi connectivity index (χ3v) is 3.34. The normalized spacial score (nSPS) is 23.3. The lowest BCUT2D eigenvalue weighted by molar-refractivity contribution is 0.441. The molecule has 1 aliphatic rings. The zero-order valence-electron chi connectivity index (χ0n) is 11.2. The van der Waals surface area contributed by atoms with Gasteiger partial charge >= 0.3 is 0 Å². The van der Waals surface area contributed by atoms with Crippen LogP contribution in [0.3, 0.4) is 0 Å². The van der Waals surface area contributed by atoms with Crippen LogP contribution >= 0.6 is 0 Å². The van der Waals surface area contributed by atoms with Crippen LogP contribution in [0, 0.1) is 11.8 Å². The average molecular weight is 236 g/mol. The smallest absolute Gasteiger partial charge is 0.194 e. The second-order valence-corrected chi connectivity index (χ2v) is 5.68. The highest BCUT2D eigenvalue weighted by Crippen LogP contribution is 2.46. The largest absolute Gasteiger partial charge is 0.445 e. The standard InChI is InChI=1S/C14H24N2O/c1-10(2)8-15-6-4-5-14-16-9-13(17-14)12-7-11(12)3/h9-12,15H,4-8H2,1-3H3. The maximum Gasteiger partial charge on any atom is 0.194 e. The minimum absolute atomic E-state index is 0.648. The predicted octanol–water partition coefficient (Wildman–Crippen LogP) is 2.98. The highest BCUT2D eigenvalue weighted by atomic mass is 16.4. The zero-order valence-corrected chi connectivity index (χ0v) is 11.2. The summed E-state index contributed by atoms with van der Waals surface area (Å²) < 4.78 is 5.77.